The zero-order valence-electron chi connectivity index (χ0n) is 14.8. The number of rotatable bonds is 10. The van der Waals surface area contributed by atoms with Crippen molar-refractivity contribution in [2.45, 2.75) is 18.6 Å². The fourth-order valence-electron chi connectivity index (χ4n) is 2.45. The van der Waals surface area contributed by atoms with Gasteiger partial charge in [-0.1, -0.05) is 30.3 Å². The standard InChI is InChI=1S/C20H25NO5/c1-25-20(24)16-9-7-15(8-10-16)11-17(13-22)21-12-18(23)14-26-19-5-3-2-4-6-19/h2-10,17-18,21-23H,11-14H2,1H3/t17-,18-/m0/s1. The lowest BCUT2D eigenvalue weighted by Crippen LogP contribution is -2.41. The third-order valence-electron chi connectivity index (χ3n) is 3.91. The number of esters is 1. The van der Waals surface area contributed by atoms with E-state index in [1.54, 1.807) is 12.1 Å². The number of ether oxygens (including phenoxy) is 2. The number of hydrogen-bond acceptors (Lipinski definition) is 6. The molecular formula is C20H25NO5. The molecule has 26 heavy (non-hydrogen) atoms. The van der Waals surface area contributed by atoms with Crippen LogP contribution >= 0.6 is 0 Å². The summed E-state index contributed by atoms with van der Waals surface area (Å²) in [5, 5.41) is 22.7. The Morgan fingerprint density at radius 3 is 2.42 bits per heavy atom. The molecule has 0 fully saturated rings. The number of aliphatic hydroxyl groups is 2. The molecule has 2 atom stereocenters. The lowest BCUT2D eigenvalue weighted by atomic mass is 10.0. The fraction of sp³-hybridized carbons (Fsp3) is 0.350. The molecule has 0 spiro atoms. The summed E-state index contributed by atoms with van der Waals surface area (Å²) >= 11 is 0. The molecule has 0 aliphatic rings. The number of carbonyl (C=O) groups excluding carboxylic acids is 1. The van der Waals surface area contributed by atoms with Crippen molar-refractivity contribution in [3.05, 3.63) is 65.7 Å². The number of nitrogens with one attached hydrogen (secondary N) is 1. The summed E-state index contributed by atoms with van der Waals surface area (Å²) < 4.78 is 10.2. The van der Waals surface area contributed by atoms with Gasteiger partial charge in [0, 0.05) is 12.6 Å². The highest BCUT2D eigenvalue weighted by Crippen LogP contribution is 2.09. The van der Waals surface area contributed by atoms with Crippen molar-refractivity contribution in [1.82, 2.24) is 5.32 Å². The first-order valence-corrected chi connectivity index (χ1v) is 8.49. The maximum atomic E-state index is 11.4. The van der Waals surface area contributed by atoms with E-state index in [1.807, 2.05) is 42.5 Å². The Balaban J connectivity index is 1.76. The Hall–Kier alpha value is -2.41. The number of aliphatic hydroxyl groups excluding tert-OH is 2. The monoisotopic (exact) mass is 359 g/mol. The molecule has 140 valence electrons. The summed E-state index contributed by atoms with van der Waals surface area (Å²) in [6.45, 7) is 0.409. The van der Waals surface area contributed by atoms with Gasteiger partial charge in [-0.2, -0.15) is 0 Å². The van der Waals surface area contributed by atoms with Crippen LogP contribution < -0.4 is 10.1 Å². The van der Waals surface area contributed by atoms with Crippen LogP contribution in [-0.4, -0.2) is 55.2 Å². The van der Waals surface area contributed by atoms with Gasteiger partial charge in [0.25, 0.3) is 0 Å². The molecule has 3 N–H and O–H groups in total. The highest BCUT2D eigenvalue weighted by molar-refractivity contribution is 5.89. The maximum Gasteiger partial charge on any atom is 0.337 e. The van der Waals surface area contributed by atoms with E-state index >= 15 is 0 Å². The molecule has 0 heterocycles. The van der Waals surface area contributed by atoms with Gasteiger partial charge in [0.2, 0.25) is 0 Å². The second kappa shape index (κ2) is 10.6. The van der Waals surface area contributed by atoms with E-state index in [9.17, 15) is 15.0 Å². The van der Waals surface area contributed by atoms with Crippen LogP contribution in [0.2, 0.25) is 0 Å². The van der Waals surface area contributed by atoms with E-state index in [0.29, 0.717) is 24.3 Å². The average molecular weight is 359 g/mol. The summed E-state index contributed by atoms with van der Waals surface area (Å²) in [5.41, 5.74) is 1.46. The number of methoxy groups -OCH3 is 1. The summed E-state index contributed by atoms with van der Waals surface area (Å²) in [6.07, 6.45) is -0.115. The second-order valence-electron chi connectivity index (χ2n) is 5.96. The Kier molecular flexibility index (Phi) is 8.08. The highest BCUT2D eigenvalue weighted by Gasteiger charge is 2.12. The van der Waals surface area contributed by atoms with Gasteiger partial charge >= 0.3 is 5.97 Å². The van der Waals surface area contributed by atoms with Gasteiger partial charge in [-0.15, -0.1) is 0 Å². The molecule has 0 amide bonds. The Morgan fingerprint density at radius 1 is 1.12 bits per heavy atom. The molecule has 0 aromatic heterocycles. The fourth-order valence-corrected chi connectivity index (χ4v) is 2.45. The van der Waals surface area contributed by atoms with Gasteiger partial charge in [0.15, 0.2) is 0 Å². The van der Waals surface area contributed by atoms with Crippen LogP contribution in [0.4, 0.5) is 0 Å². The third kappa shape index (κ3) is 6.48. The van der Waals surface area contributed by atoms with Crippen molar-refractivity contribution in [2.75, 3.05) is 26.9 Å². The smallest absolute Gasteiger partial charge is 0.337 e. The van der Waals surface area contributed by atoms with Gasteiger partial charge in [0.1, 0.15) is 18.5 Å². The van der Waals surface area contributed by atoms with Gasteiger partial charge in [0.05, 0.1) is 19.3 Å². The van der Waals surface area contributed by atoms with Crippen LogP contribution in [0.5, 0.6) is 5.75 Å². The summed E-state index contributed by atoms with van der Waals surface area (Å²) in [5.74, 6) is 0.325. The van der Waals surface area contributed by atoms with Crippen molar-refractivity contribution in [3.8, 4) is 5.75 Å². The van der Waals surface area contributed by atoms with Gasteiger partial charge in [-0.25, -0.2) is 4.79 Å². The van der Waals surface area contributed by atoms with Crippen LogP contribution in [0.1, 0.15) is 15.9 Å². The minimum absolute atomic E-state index is 0.0645. The molecule has 2 aromatic carbocycles. The molecule has 2 rings (SSSR count). The predicted octanol–water partition coefficient (Wildman–Crippen LogP) is 1.41. The average Bonchev–Trinajstić information content (AvgIpc) is 2.70. The van der Waals surface area contributed by atoms with E-state index in [0.717, 1.165) is 5.56 Å². The topological polar surface area (TPSA) is 88.0 Å². The quantitative estimate of drug-likeness (QED) is 0.556. The van der Waals surface area contributed by atoms with Crippen molar-refractivity contribution in [2.24, 2.45) is 0 Å². The molecule has 6 nitrogen and oxygen atoms in total. The Labute approximate surface area is 153 Å². The largest absolute Gasteiger partial charge is 0.491 e. The van der Waals surface area contributed by atoms with E-state index in [1.165, 1.54) is 7.11 Å². The van der Waals surface area contributed by atoms with E-state index in [4.69, 9.17) is 4.74 Å². The van der Waals surface area contributed by atoms with Crippen molar-refractivity contribution in [3.63, 3.8) is 0 Å². The molecule has 0 unspecified atom stereocenters. The molecule has 0 saturated heterocycles. The van der Waals surface area contributed by atoms with Crippen LogP contribution in [0.25, 0.3) is 0 Å². The molecule has 0 saturated carbocycles. The third-order valence-corrected chi connectivity index (χ3v) is 3.91. The van der Waals surface area contributed by atoms with Gasteiger partial charge in [-0.3, -0.25) is 0 Å². The van der Waals surface area contributed by atoms with Crippen LogP contribution in [0.3, 0.4) is 0 Å². The van der Waals surface area contributed by atoms with Gasteiger partial charge < -0.3 is 25.0 Å². The molecular weight excluding hydrogens is 334 g/mol. The van der Waals surface area contributed by atoms with Crippen molar-refractivity contribution >= 4 is 5.97 Å². The first kappa shape index (κ1) is 19.9. The van der Waals surface area contributed by atoms with Gasteiger partial charge in [-0.05, 0) is 36.2 Å². The Bertz CT molecular complexity index is 660. The molecule has 2 aromatic rings. The first-order valence-electron chi connectivity index (χ1n) is 8.49. The highest BCUT2D eigenvalue weighted by atomic mass is 16.5. The van der Waals surface area contributed by atoms with Crippen LogP contribution in [0, 0.1) is 0 Å². The number of carbonyl (C=O) groups is 1. The molecule has 6 heteroatoms. The second-order valence-corrected chi connectivity index (χ2v) is 5.96. The number of hydrogen-bond donors (Lipinski definition) is 3. The van der Waals surface area contributed by atoms with Crippen molar-refractivity contribution in [1.29, 1.82) is 0 Å². The van der Waals surface area contributed by atoms with Crippen LogP contribution in [0.15, 0.2) is 54.6 Å². The SMILES string of the molecule is COC(=O)c1ccc(C[C@@H](CO)NC[C@H](O)COc2ccccc2)cc1. The molecule has 0 bridgehead atoms. The molecule has 0 radical (unpaired) electrons. The Morgan fingerprint density at radius 2 is 1.81 bits per heavy atom. The minimum atomic E-state index is -0.689. The molecule has 0 aliphatic heterocycles. The normalized spacial score (nSPS) is 13.0. The van der Waals surface area contributed by atoms with Crippen molar-refractivity contribution < 1.29 is 24.5 Å². The van der Waals surface area contributed by atoms with E-state index in [-0.39, 0.29) is 25.2 Å². The minimum Gasteiger partial charge on any atom is -0.491 e. The van der Waals surface area contributed by atoms with E-state index < -0.39 is 6.10 Å². The predicted molar refractivity (Wildman–Crippen MR) is 98.3 cm³/mol. The maximum absolute atomic E-state index is 11.4. The summed E-state index contributed by atoms with van der Waals surface area (Å²) in [6, 6.07) is 16.1. The summed E-state index contributed by atoms with van der Waals surface area (Å²) in [4.78, 5) is 11.4. The number of benzene rings is 2. The zero-order chi connectivity index (χ0) is 18.8. The molecule has 0 aliphatic carbocycles. The lowest BCUT2D eigenvalue weighted by Gasteiger charge is -2.19. The lowest BCUT2D eigenvalue weighted by molar-refractivity contribution is 0.0600. The number of para-hydroxylation sites is 1. The zero-order valence-corrected chi connectivity index (χ0v) is 14.8. The van der Waals surface area contributed by atoms with Crippen LogP contribution in [-0.2, 0) is 11.2 Å². The van der Waals surface area contributed by atoms with E-state index in [2.05, 4.69) is 10.1 Å². The summed E-state index contributed by atoms with van der Waals surface area (Å²) in [7, 11) is 1.34. The first-order chi connectivity index (χ1) is 12.6.